The maximum atomic E-state index is 10.7. The van der Waals surface area contributed by atoms with Gasteiger partial charge in [-0.2, -0.15) is 0 Å². The van der Waals surface area contributed by atoms with Crippen molar-refractivity contribution in [3.8, 4) is 0 Å². The van der Waals surface area contributed by atoms with Crippen molar-refractivity contribution in [2.24, 2.45) is 17.6 Å². The highest BCUT2D eigenvalue weighted by Gasteiger charge is 2.39. The summed E-state index contributed by atoms with van der Waals surface area (Å²) in [7, 11) is 0. The molecule has 5 atom stereocenters. The van der Waals surface area contributed by atoms with Crippen molar-refractivity contribution >= 4 is 17.2 Å². The van der Waals surface area contributed by atoms with Crippen LogP contribution >= 0.6 is 11.3 Å². The molecule has 1 amide bonds. The van der Waals surface area contributed by atoms with Crippen LogP contribution in [0.3, 0.4) is 0 Å². The molecular formula is C22H33NO4S. The lowest BCUT2D eigenvalue weighted by Gasteiger charge is -2.19. The third-order valence-corrected chi connectivity index (χ3v) is 6.26. The fourth-order valence-corrected chi connectivity index (χ4v) is 4.51. The molecule has 156 valence electrons. The molecule has 0 aromatic carbocycles. The van der Waals surface area contributed by atoms with Crippen molar-refractivity contribution in [2.75, 3.05) is 0 Å². The largest absolute Gasteiger partial charge is 0.393 e. The molecule has 1 saturated carbocycles. The molecule has 1 aromatic rings. The van der Waals surface area contributed by atoms with Crippen LogP contribution in [0.15, 0.2) is 35.8 Å². The summed E-state index contributed by atoms with van der Waals surface area (Å²) in [5.41, 5.74) is 6.36. The number of carbonyl (C=O) groups is 1. The van der Waals surface area contributed by atoms with E-state index in [9.17, 15) is 20.1 Å². The van der Waals surface area contributed by atoms with E-state index in [0.717, 1.165) is 19.3 Å². The number of aryl methyl sites for hydroxylation is 2. The number of carbonyl (C=O) groups excluding carboxylic acids is 1. The predicted octanol–water partition coefficient (Wildman–Crippen LogP) is 2.87. The molecule has 28 heavy (non-hydrogen) atoms. The SMILES string of the molecule is Cc1cc(CC[C@@H](O)C=C[C@@H]2[C@@H](CC=CCCCC(N)=O)[C@@H](O)C[C@@H]2O)cs1. The average Bonchev–Trinajstić information content (AvgIpc) is 3.16. The van der Waals surface area contributed by atoms with Gasteiger partial charge < -0.3 is 21.1 Å². The van der Waals surface area contributed by atoms with Gasteiger partial charge in [-0.25, -0.2) is 0 Å². The molecule has 5 N–H and O–H groups in total. The second-order valence-corrected chi connectivity index (χ2v) is 8.85. The number of hydrogen-bond donors (Lipinski definition) is 4. The van der Waals surface area contributed by atoms with Gasteiger partial charge in [0.2, 0.25) is 5.91 Å². The molecule has 1 aliphatic rings. The normalized spacial score (nSPS) is 26.4. The molecule has 1 aliphatic carbocycles. The number of nitrogens with two attached hydrogens (primary N) is 1. The van der Waals surface area contributed by atoms with Crippen LogP contribution in [0, 0.1) is 18.8 Å². The highest BCUT2D eigenvalue weighted by molar-refractivity contribution is 7.10. The van der Waals surface area contributed by atoms with E-state index in [1.807, 2.05) is 18.2 Å². The molecule has 0 bridgehead atoms. The van der Waals surface area contributed by atoms with Crippen LogP contribution in [0.1, 0.15) is 49.0 Å². The molecule has 1 aromatic heterocycles. The highest BCUT2D eigenvalue weighted by Crippen LogP contribution is 2.36. The van der Waals surface area contributed by atoms with Gasteiger partial charge in [0.25, 0.3) is 0 Å². The van der Waals surface area contributed by atoms with E-state index in [1.165, 1.54) is 10.4 Å². The number of unbranched alkanes of at least 4 members (excludes halogenated alkanes) is 1. The van der Waals surface area contributed by atoms with Gasteiger partial charge in [0.15, 0.2) is 0 Å². The van der Waals surface area contributed by atoms with Crippen LogP contribution in [-0.4, -0.2) is 39.5 Å². The Morgan fingerprint density at radius 3 is 2.82 bits per heavy atom. The molecule has 0 radical (unpaired) electrons. The monoisotopic (exact) mass is 407 g/mol. The smallest absolute Gasteiger partial charge is 0.217 e. The Morgan fingerprint density at radius 2 is 2.14 bits per heavy atom. The lowest BCUT2D eigenvalue weighted by atomic mass is 9.89. The Balaban J connectivity index is 1.81. The number of hydrogen-bond acceptors (Lipinski definition) is 5. The topological polar surface area (TPSA) is 104 Å². The van der Waals surface area contributed by atoms with E-state index in [4.69, 9.17) is 5.73 Å². The van der Waals surface area contributed by atoms with Crippen molar-refractivity contribution in [2.45, 2.75) is 70.2 Å². The molecule has 0 aliphatic heterocycles. The van der Waals surface area contributed by atoms with Crippen molar-refractivity contribution in [3.63, 3.8) is 0 Å². The Labute approximate surface area is 171 Å². The fourth-order valence-electron chi connectivity index (χ4n) is 3.77. The summed E-state index contributed by atoms with van der Waals surface area (Å²) >= 11 is 1.71. The van der Waals surface area contributed by atoms with Gasteiger partial charge in [-0.15, -0.1) is 11.3 Å². The first-order chi connectivity index (χ1) is 13.4. The molecule has 0 saturated heterocycles. The van der Waals surface area contributed by atoms with Gasteiger partial charge >= 0.3 is 0 Å². The van der Waals surface area contributed by atoms with Gasteiger partial charge in [-0.05, 0) is 62.0 Å². The maximum Gasteiger partial charge on any atom is 0.217 e. The Morgan fingerprint density at radius 1 is 1.36 bits per heavy atom. The number of allylic oxidation sites excluding steroid dienone is 2. The molecule has 0 spiro atoms. The van der Waals surface area contributed by atoms with E-state index in [2.05, 4.69) is 18.4 Å². The number of aliphatic hydroxyl groups excluding tert-OH is 3. The quantitative estimate of drug-likeness (QED) is 0.334. The number of primary amides is 1. The molecule has 5 nitrogen and oxygen atoms in total. The molecular weight excluding hydrogens is 374 g/mol. The summed E-state index contributed by atoms with van der Waals surface area (Å²) in [6, 6.07) is 2.14. The fraction of sp³-hybridized carbons (Fsp3) is 0.591. The van der Waals surface area contributed by atoms with Crippen molar-refractivity contribution in [3.05, 3.63) is 46.2 Å². The zero-order valence-corrected chi connectivity index (χ0v) is 17.4. The van der Waals surface area contributed by atoms with Crippen LogP contribution in [0.4, 0.5) is 0 Å². The molecule has 6 heteroatoms. The van der Waals surface area contributed by atoms with E-state index in [0.29, 0.717) is 25.7 Å². The third kappa shape index (κ3) is 7.51. The van der Waals surface area contributed by atoms with Crippen molar-refractivity contribution in [1.82, 2.24) is 0 Å². The second kappa shape index (κ2) is 11.5. The first-order valence-corrected chi connectivity index (χ1v) is 10.9. The molecule has 1 fully saturated rings. The highest BCUT2D eigenvalue weighted by atomic mass is 32.1. The number of amides is 1. The van der Waals surface area contributed by atoms with Gasteiger partial charge in [0.1, 0.15) is 0 Å². The lowest BCUT2D eigenvalue weighted by Crippen LogP contribution is -2.20. The number of rotatable bonds is 11. The zero-order valence-electron chi connectivity index (χ0n) is 16.5. The van der Waals surface area contributed by atoms with Crippen LogP contribution in [0.25, 0.3) is 0 Å². The van der Waals surface area contributed by atoms with Crippen molar-refractivity contribution < 1.29 is 20.1 Å². The summed E-state index contributed by atoms with van der Waals surface area (Å²) < 4.78 is 0. The minimum absolute atomic E-state index is 0.0645. The average molecular weight is 408 g/mol. The van der Waals surface area contributed by atoms with Gasteiger partial charge in [-0.3, -0.25) is 4.79 Å². The first-order valence-electron chi connectivity index (χ1n) is 10.1. The van der Waals surface area contributed by atoms with Crippen molar-refractivity contribution in [1.29, 1.82) is 0 Å². The maximum absolute atomic E-state index is 10.7. The van der Waals surface area contributed by atoms with Gasteiger partial charge in [0, 0.05) is 23.6 Å². The summed E-state index contributed by atoms with van der Waals surface area (Å²) in [5, 5.41) is 32.9. The van der Waals surface area contributed by atoms with E-state index >= 15 is 0 Å². The number of thiophene rings is 1. The second-order valence-electron chi connectivity index (χ2n) is 7.73. The predicted molar refractivity (Wildman–Crippen MR) is 113 cm³/mol. The van der Waals surface area contributed by atoms with Gasteiger partial charge in [-0.1, -0.05) is 24.3 Å². The summed E-state index contributed by atoms with van der Waals surface area (Å²) in [6.45, 7) is 2.07. The van der Waals surface area contributed by atoms with Crippen LogP contribution < -0.4 is 5.73 Å². The third-order valence-electron chi connectivity index (χ3n) is 5.35. The first kappa shape index (κ1) is 22.8. The minimum Gasteiger partial charge on any atom is -0.393 e. The minimum atomic E-state index is -0.591. The van der Waals surface area contributed by atoms with Crippen LogP contribution in [0.2, 0.25) is 0 Å². The van der Waals surface area contributed by atoms with E-state index in [-0.39, 0.29) is 17.7 Å². The summed E-state index contributed by atoms with van der Waals surface area (Å²) in [4.78, 5) is 12.0. The molecule has 1 heterocycles. The lowest BCUT2D eigenvalue weighted by molar-refractivity contribution is -0.118. The standard InChI is InChI=1S/C22H33NO4S/c1-15-12-16(14-28-15)8-9-17(24)10-11-19-18(20(25)13-21(19)26)6-4-2-3-5-7-22(23)27/h2,4,10-12,14,17-21,24-26H,3,5-9,13H2,1H3,(H2,23,27)/t17-,18-,19-,20+,21+/m1/s1. The Hall–Kier alpha value is -1.47. The zero-order chi connectivity index (χ0) is 20.5. The van der Waals surface area contributed by atoms with E-state index in [1.54, 1.807) is 17.4 Å². The summed E-state index contributed by atoms with van der Waals surface area (Å²) in [6.07, 6.45) is 10.3. The molecule has 2 rings (SSSR count). The van der Waals surface area contributed by atoms with Crippen LogP contribution in [-0.2, 0) is 11.2 Å². The Kier molecular flexibility index (Phi) is 9.38. The van der Waals surface area contributed by atoms with E-state index < -0.39 is 18.3 Å². The summed E-state index contributed by atoms with van der Waals surface area (Å²) in [5.74, 6) is -0.519. The Bertz CT molecular complexity index is 669. The molecule has 0 unspecified atom stereocenters. The van der Waals surface area contributed by atoms with Crippen LogP contribution in [0.5, 0.6) is 0 Å². The van der Waals surface area contributed by atoms with Gasteiger partial charge in [0.05, 0.1) is 18.3 Å². The number of aliphatic hydroxyl groups is 3.